The van der Waals surface area contributed by atoms with Crippen LogP contribution in [0, 0.1) is 17.8 Å². The minimum absolute atomic E-state index is 0. The van der Waals surface area contributed by atoms with Gasteiger partial charge in [0.05, 0.1) is 0 Å². The van der Waals surface area contributed by atoms with E-state index in [0.717, 1.165) is 31.1 Å². The Bertz CT molecular complexity index is 329. The Balaban J connectivity index is -0.0000000516. The molecule has 2 unspecified atom stereocenters. The van der Waals surface area contributed by atoms with Crippen molar-refractivity contribution in [2.24, 2.45) is 17.8 Å². The number of hydrogen-bond donors (Lipinski definition) is 0. The van der Waals surface area contributed by atoms with E-state index in [-0.39, 0.29) is 18.5 Å². The number of alkyl halides is 1. The highest BCUT2D eigenvalue weighted by Crippen LogP contribution is 2.25. The molecule has 4 saturated carbocycles. The fourth-order valence-corrected chi connectivity index (χ4v) is 5.21. The van der Waals surface area contributed by atoms with E-state index in [1.54, 1.807) is 0 Å². The van der Waals surface area contributed by atoms with E-state index in [2.05, 4.69) is 20.8 Å². The molecule has 4 fully saturated rings. The van der Waals surface area contributed by atoms with E-state index in [9.17, 15) is 4.39 Å². The quantitative estimate of drug-likeness (QED) is 0.264. The summed E-state index contributed by atoms with van der Waals surface area (Å²) in [5, 5.41) is 0. The van der Waals surface area contributed by atoms with Gasteiger partial charge in [-0.2, -0.15) is 0 Å². The fraction of sp³-hybridized carbons (Fsp3) is 1.00. The number of rotatable bonds is 0. The molecule has 0 aromatic carbocycles. The molecule has 244 valence electrons. The van der Waals surface area contributed by atoms with Crippen LogP contribution in [0.3, 0.4) is 0 Å². The van der Waals surface area contributed by atoms with Crippen LogP contribution in [-0.4, -0.2) is 17.1 Å². The minimum Gasteiger partial charge on any atom is -0.412 e. The molecular weight excluding hydrogens is 478 g/mol. The molecular formula is C34H82F2O2. The molecule has 0 aromatic heterocycles. The van der Waals surface area contributed by atoms with E-state index in [4.69, 9.17) is 0 Å². The highest BCUT2D eigenvalue weighted by Gasteiger charge is 2.16. The van der Waals surface area contributed by atoms with Crippen LogP contribution in [0.5, 0.6) is 0 Å². The summed E-state index contributed by atoms with van der Waals surface area (Å²) >= 11 is 0. The van der Waals surface area contributed by atoms with E-state index in [1.807, 2.05) is 41.5 Å². The van der Waals surface area contributed by atoms with E-state index >= 15 is 0 Å². The van der Waals surface area contributed by atoms with Gasteiger partial charge in [-0.05, 0) is 30.6 Å². The summed E-state index contributed by atoms with van der Waals surface area (Å²) in [5.41, 5.74) is 0. The fourth-order valence-electron chi connectivity index (χ4n) is 5.21. The molecule has 0 aliphatic heterocycles. The van der Waals surface area contributed by atoms with Gasteiger partial charge in [0.2, 0.25) is 0 Å². The normalized spacial score (nSPS) is 22.6. The molecule has 0 amide bonds. The van der Waals surface area contributed by atoms with Crippen LogP contribution in [-0.2, 0) is 0 Å². The molecule has 0 bridgehead atoms. The summed E-state index contributed by atoms with van der Waals surface area (Å²) in [6, 6.07) is 0. The molecule has 0 saturated heterocycles. The average molecular weight is 561 g/mol. The predicted molar refractivity (Wildman–Crippen MR) is 177 cm³/mol. The van der Waals surface area contributed by atoms with Crippen LogP contribution in [0.2, 0.25) is 0 Å². The van der Waals surface area contributed by atoms with Crippen LogP contribution in [0.25, 0.3) is 0 Å². The van der Waals surface area contributed by atoms with Crippen LogP contribution in [0.1, 0.15) is 200 Å². The first kappa shape index (κ1) is 50.6. The SMILES string of the molecule is C1CCCCC1.CC.CC.CC.CC1CCCC(F)C1.CC1CCCCC1.CC1CCCCCC1.F.O.O.[HH].[HH]. The van der Waals surface area contributed by atoms with Gasteiger partial charge in [0.15, 0.2) is 0 Å². The molecule has 4 N–H and O–H groups in total. The van der Waals surface area contributed by atoms with Gasteiger partial charge in [-0.15, -0.1) is 0 Å². The molecule has 4 rings (SSSR count). The van der Waals surface area contributed by atoms with Crippen molar-refractivity contribution in [1.82, 2.24) is 0 Å². The average Bonchev–Trinajstić information content (AvgIpc) is 3.17. The van der Waals surface area contributed by atoms with Gasteiger partial charge in [-0.3, -0.25) is 4.70 Å². The molecule has 0 radical (unpaired) electrons. The lowest BCUT2D eigenvalue weighted by molar-refractivity contribution is 0.208. The molecule has 0 aromatic rings. The Kier molecular flexibility index (Phi) is 58.4. The van der Waals surface area contributed by atoms with Gasteiger partial charge in [0.1, 0.15) is 6.17 Å². The Morgan fingerprint density at radius 2 is 0.632 bits per heavy atom. The topological polar surface area (TPSA) is 63.0 Å². The standard InChI is InChI=1S/C8H16.C7H13F.C7H14.C6H12.3C2H6.FH.2H2O.2H2/c1-8-6-4-2-3-5-7-8;1-6-3-2-4-7(8)5-6;1-7-5-3-2-4-6-7;1-2-4-6-5-3-1;3*1-2;;;;;/h8H,2-7H2,1H3;6-7H,2-5H2,1H3;7H,2-6H2,1H3;1-6H2;3*1-2H3;1H;2*1H2;2*1H. The van der Waals surface area contributed by atoms with Gasteiger partial charge in [0, 0.05) is 2.85 Å². The number of hydrogen-bond acceptors (Lipinski definition) is 0. The van der Waals surface area contributed by atoms with Gasteiger partial charge >= 0.3 is 0 Å². The second-order valence-corrected chi connectivity index (χ2v) is 10.8. The molecule has 0 heterocycles. The van der Waals surface area contributed by atoms with Crippen molar-refractivity contribution >= 4 is 0 Å². The summed E-state index contributed by atoms with van der Waals surface area (Å²) in [7, 11) is 0. The Morgan fingerprint density at radius 3 is 0.868 bits per heavy atom. The summed E-state index contributed by atoms with van der Waals surface area (Å²) in [5.74, 6) is 2.70. The first-order valence-electron chi connectivity index (χ1n) is 16.7. The maximum atomic E-state index is 12.4. The molecule has 2 atom stereocenters. The molecule has 38 heavy (non-hydrogen) atoms. The van der Waals surface area contributed by atoms with Crippen LogP contribution in [0.4, 0.5) is 9.09 Å². The van der Waals surface area contributed by atoms with Crippen LogP contribution >= 0.6 is 0 Å². The van der Waals surface area contributed by atoms with Gasteiger partial charge in [-0.25, -0.2) is 4.39 Å². The van der Waals surface area contributed by atoms with Crippen molar-refractivity contribution in [1.29, 1.82) is 0 Å². The van der Waals surface area contributed by atoms with Gasteiger partial charge in [-0.1, -0.05) is 184 Å². The Morgan fingerprint density at radius 1 is 0.395 bits per heavy atom. The second kappa shape index (κ2) is 43.8. The third-order valence-corrected chi connectivity index (χ3v) is 7.41. The first-order valence-corrected chi connectivity index (χ1v) is 16.7. The van der Waals surface area contributed by atoms with Gasteiger partial charge < -0.3 is 11.0 Å². The highest BCUT2D eigenvalue weighted by molar-refractivity contribution is 4.68. The molecule has 4 heteroatoms. The lowest BCUT2D eigenvalue weighted by Crippen LogP contribution is -2.12. The third kappa shape index (κ3) is 40.3. The molecule has 4 aliphatic carbocycles. The van der Waals surface area contributed by atoms with Crippen LogP contribution in [0.15, 0.2) is 0 Å². The van der Waals surface area contributed by atoms with Crippen molar-refractivity contribution in [2.45, 2.75) is 203 Å². The monoisotopic (exact) mass is 561 g/mol. The van der Waals surface area contributed by atoms with E-state index in [1.165, 1.54) is 116 Å². The third-order valence-electron chi connectivity index (χ3n) is 7.41. The van der Waals surface area contributed by atoms with E-state index in [0.29, 0.717) is 5.92 Å². The zero-order valence-electron chi connectivity index (χ0n) is 27.9. The van der Waals surface area contributed by atoms with Crippen LogP contribution < -0.4 is 0 Å². The smallest absolute Gasteiger partial charge is 0.100 e. The Hall–Kier alpha value is -0.220. The lowest BCUT2D eigenvalue weighted by atomic mass is 9.90. The van der Waals surface area contributed by atoms with E-state index < -0.39 is 6.17 Å². The summed E-state index contributed by atoms with van der Waals surface area (Å²) < 4.78 is 12.4. The number of halogens is 2. The molecule has 4 aliphatic rings. The molecule has 2 nitrogen and oxygen atoms in total. The molecule has 0 spiro atoms. The van der Waals surface area contributed by atoms with Gasteiger partial charge in [0.25, 0.3) is 0 Å². The van der Waals surface area contributed by atoms with Crippen molar-refractivity contribution in [2.75, 3.05) is 0 Å². The largest absolute Gasteiger partial charge is 0.412 e. The summed E-state index contributed by atoms with van der Waals surface area (Å²) in [6.45, 7) is 18.9. The predicted octanol–water partition coefficient (Wildman–Crippen LogP) is 12.5. The first-order chi connectivity index (χ1) is 17.1. The summed E-state index contributed by atoms with van der Waals surface area (Å²) in [6.07, 6.45) is 28.8. The van der Waals surface area contributed by atoms with Crippen molar-refractivity contribution in [3.05, 3.63) is 0 Å². The zero-order valence-corrected chi connectivity index (χ0v) is 27.9. The summed E-state index contributed by atoms with van der Waals surface area (Å²) in [4.78, 5) is 0. The minimum atomic E-state index is -0.487. The Labute approximate surface area is 244 Å². The second-order valence-electron chi connectivity index (χ2n) is 10.8. The van der Waals surface area contributed by atoms with Crippen molar-refractivity contribution < 1.29 is 22.9 Å². The van der Waals surface area contributed by atoms with Crippen molar-refractivity contribution in [3.63, 3.8) is 0 Å². The lowest BCUT2D eigenvalue weighted by Gasteiger charge is -2.20. The maximum absolute atomic E-state index is 12.4. The maximum Gasteiger partial charge on any atom is 0.100 e. The van der Waals surface area contributed by atoms with Crippen molar-refractivity contribution in [3.8, 4) is 0 Å². The highest BCUT2D eigenvalue weighted by atomic mass is 19.1. The zero-order chi connectivity index (χ0) is 27.2.